The molecule has 0 bridgehead atoms. The molecule has 3 aromatic carbocycles. The molecule has 0 spiro atoms. The Kier molecular flexibility index (Phi) is 8.14. The molecule has 0 amide bonds. The van der Waals surface area contributed by atoms with Crippen LogP contribution in [0.2, 0.25) is 10.0 Å². The molecule has 4 heteroatoms. The molecule has 1 aliphatic heterocycles. The highest BCUT2D eigenvalue weighted by atomic mass is 35.5. The van der Waals surface area contributed by atoms with Crippen LogP contribution < -0.4 is 5.73 Å². The van der Waals surface area contributed by atoms with Crippen molar-refractivity contribution in [2.24, 2.45) is 5.73 Å². The van der Waals surface area contributed by atoms with E-state index in [0.29, 0.717) is 12.6 Å². The van der Waals surface area contributed by atoms with Gasteiger partial charge in [0.25, 0.3) is 0 Å². The fourth-order valence-corrected chi connectivity index (χ4v) is 4.05. The second kappa shape index (κ2) is 10.8. The third-order valence-electron chi connectivity index (χ3n) is 5.26. The van der Waals surface area contributed by atoms with Gasteiger partial charge in [-0.15, -0.1) is 0 Å². The van der Waals surface area contributed by atoms with E-state index >= 15 is 0 Å². The van der Waals surface area contributed by atoms with E-state index in [1.807, 2.05) is 36.4 Å². The maximum Gasteiger partial charge on any atom is 0.0409 e. The van der Waals surface area contributed by atoms with Gasteiger partial charge in [-0.1, -0.05) is 77.3 Å². The molecule has 4 rings (SSSR count). The highest BCUT2D eigenvalue weighted by molar-refractivity contribution is 6.30. The third-order valence-corrected chi connectivity index (χ3v) is 5.74. The van der Waals surface area contributed by atoms with Crippen molar-refractivity contribution in [1.29, 1.82) is 0 Å². The summed E-state index contributed by atoms with van der Waals surface area (Å²) in [7, 11) is 0. The van der Waals surface area contributed by atoms with Crippen LogP contribution in [-0.2, 0) is 19.4 Å². The molecule has 29 heavy (non-hydrogen) atoms. The first-order valence-electron chi connectivity index (χ1n) is 10.0. The van der Waals surface area contributed by atoms with Crippen LogP contribution in [0.25, 0.3) is 0 Å². The molecule has 0 saturated heterocycles. The zero-order valence-electron chi connectivity index (χ0n) is 16.8. The lowest BCUT2D eigenvalue weighted by Crippen LogP contribution is -2.44. The predicted molar refractivity (Wildman–Crippen MR) is 125 cm³/mol. The summed E-state index contributed by atoms with van der Waals surface area (Å²) in [6.07, 6.45) is 2.05. The van der Waals surface area contributed by atoms with E-state index in [4.69, 9.17) is 28.9 Å². The Balaban J connectivity index is 0.000000290. The first-order valence-corrected chi connectivity index (χ1v) is 10.8. The molecule has 3 aromatic rings. The Morgan fingerprint density at radius 1 is 0.897 bits per heavy atom. The molecule has 1 atom stereocenters. The first kappa shape index (κ1) is 21.9. The molecule has 2 N–H and O–H groups in total. The standard InChI is InChI=1S/C18H20Cl2N2.C7H8/c19-16-4-1-13(2-5-16)9-18-11-14-3-6-17(20)10-15(14)12-22(18)8-7-21;1-7-5-3-2-4-6-7/h1-6,10,18H,7-9,11-12,21H2;2-6H,1H3. The molecule has 0 aliphatic carbocycles. The van der Waals surface area contributed by atoms with Crippen molar-refractivity contribution < 1.29 is 0 Å². The summed E-state index contributed by atoms with van der Waals surface area (Å²) in [6, 6.07) is 25.1. The SMILES string of the molecule is Cc1ccccc1.NCCN1Cc2cc(Cl)ccc2CC1Cc1ccc(Cl)cc1. The molecular formula is C25H28Cl2N2. The van der Waals surface area contributed by atoms with Gasteiger partial charge in [-0.2, -0.15) is 0 Å². The average Bonchev–Trinajstić information content (AvgIpc) is 2.71. The van der Waals surface area contributed by atoms with Crippen molar-refractivity contribution in [3.63, 3.8) is 0 Å². The molecule has 152 valence electrons. The number of halogens is 2. The first-order chi connectivity index (χ1) is 14.0. The van der Waals surface area contributed by atoms with E-state index in [2.05, 4.69) is 48.2 Å². The van der Waals surface area contributed by atoms with Crippen molar-refractivity contribution in [2.45, 2.75) is 32.4 Å². The van der Waals surface area contributed by atoms with Gasteiger partial charge >= 0.3 is 0 Å². The molecule has 0 fully saturated rings. The molecule has 0 saturated carbocycles. The minimum absolute atomic E-state index is 0.471. The zero-order chi connectivity index (χ0) is 20.6. The Morgan fingerprint density at radius 2 is 1.59 bits per heavy atom. The minimum atomic E-state index is 0.471. The maximum absolute atomic E-state index is 6.13. The Morgan fingerprint density at radius 3 is 2.21 bits per heavy atom. The molecule has 1 unspecified atom stereocenters. The van der Waals surface area contributed by atoms with Gasteiger partial charge in [0.2, 0.25) is 0 Å². The topological polar surface area (TPSA) is 29.3 Å². The summed E-state index contributed by atoms with van der Waals surface area (Å²) >= 11 is 12.1. The van der Waals surface area contributed by atoms with Crippen LogP contribution in [0.1, 0.15) is 22.3 Å². The van der Waals surface area contributed by atoms with Gasteiger partial charge in [-0.3, -0.25) is 4.90 Å². The number of benzene rings is 3. The summed E-state index contributed by atoms with van der Waals surface area (Å²) in [5.41, 5.74) is 11.2. The highest BCUT2D eigenvalue weighted by Crippen LogP contribution is 2.27. The summed E-state index contributed by atoms with van der Waals surface area (Å²) in [4.78, 5) is 2.47. The summed E-state index contributed by atoms with van der Waals surface area (Å²) in [5.74, 6) is 0. The van der Waals surface area contributed by atoms with Gasteiger partial charge < -0.3 is 5.73 Å². The molecule has 1 heterocycles. The smallest absolute Gasteiger partial charge is 0.0409 e. The third kappa shape index (κ3) is 6.58. The van der Waals surface area contributed by atoms with Crippen molar-refractivity contribution in [3.05, 3.63) is 105 Å². The molecule has 1 aliphatic rings. The number of rotatable bonds is 4. The molecule has 0 aromatic heterocycles. The highest BCUT2D eigenvalue weighted by Gasteiger charge is 2.25. The quantitative estimate of drug-likeness (QED) is 0.560. The van der Waals surface area contributed by atoms with E-state index in [1.54, 1.807) is 0 Å². The van der Waals surface area contributed by atoms with Crippen LogP contribution in [0.3, 0.4) is 0 Å². The number of hydrogen-bond donors (Lipinski definition) is 1. The summed E-state index contributed by atoms with van der Waals surface area (Å²) in [6.45, 7) is 4.59. The van der Waals surface area contributed by atoms with Crippen LogP contribution >= 0.6 is 23.2 Å². The van der Waals surface area contributed by atoms with E-state index in [9.17, 15) is 0 Å². The minimum Gasteiger partial charge on any atom is -0.329 e. The van der Waals surface area contributed by atoms with Crippen LogP contribution in [0, 0.1) is 6.92 Å². The van der Waals surface area contributed by atoms with Crippen molar-refractivity contribution in [2.75, 3.05) is 13.1 Å². The Hall–Kier alpha value is -1.84. The van der Waals surface area contributed by atoms with Crippen molar-refractivity contribution >= 4 is 23.2 Å². The van der Waals surface area contributed by atoms with Gasteiger partial charge in [0.05, 0.1) is 0 Å². The molecule has 2 nitrogen and oxygen atoms in total. The van der Waals surface area contributed by atoms with E-state index < -0.39 is 0 Å². The fraction of sp³-hybridized carbons (Fsp3) is 0.280. The maximum atomic E-state index is 6.13. The number of hydrogen-bond acceptors (Lipinski definition) is 2. The fourth-order valence-electron chi connectivity index (χ4n) is 3.73. The largest absolute Gasteiger partial charge is 0.329 e. The van der Waals surface area contributed by atoms with E-state index in [0.717, 1.165) is 36.0 Å². The lowest BCUT2D eigenvalue weighted by Gasteiger charge is -2.37. The van der Waals surface area contributed by atoms with Crippen LogP contribution in [0.4, 0.5) is 0 Å². The summed E-state index contributed by atoms with van der Waals surface area (Å²) < 4.78 is 0. The zero-order valence-corrected chi connectivity index (χ0v) is 18.3. The van der Waals surface area contributed by atoms with Crippen LogP contribution in [-0.4, -0.2) is 24.0 Å². The van der Waals surface area contributed by atoms with Gasteiger partial charge in [0, 0.05) is 35.7 Å². The van der Waals surface area contributed by atoms with Crippen molar-refractivity contribution in [3.8, 4) is 0 Å². The lowest BCUT2D eigenvalue weighted by molar-refractivity contribution is 0.175. The molecular weight excluding hydrogens is 399 g/mol. The van der Waals surface area contributed by atoms with Gasteiger partial charge in [0.15, 0.2) is 0 Å². The second-order valence-electron chi connectivity index (χ2n) is 7.52. The average molecular weight is 427 g/mol. The second-order valence-corrected chi connectivity index (χ2v) is 8.39. The Bertz CT molecular complexity index is 894. The Labute approximate surface area is 184 Å². The van der Waals surface area contributed by atoms with Gasteiger partial charge in [0.1, 0.15) is 0 Å². The normalized spacial score (nSPS) is 15.9. The number of nitrogens with two attached hydrogens (primary N) is 1. The predicted octanol–water partition coefficient (Wildman–Crippen LogP) is 5.92. The number of fused-ring (bicyclic) bond motifs is 1. The van der Waals surface area contributed by atoms with Gasteiger partial charge in [-0.25, -0.2) is 0 Å². The van der Waals surface area contributed by atoms with Crippen LogP contribution in [0.5, 0.6) is 0 Å². The number of aryl methyl sites for hydroxylation is 1. The van der Waals surface area contributed by atoms with Crippen LogP contribution in [0.15, 0.2) is 72.8 Å². The lowest BCUT2D eigenvalue weighted by atomic mass is 9.90. The van der Waals surface area contributed by atoms with E-state index in [1.165, 1.54) is 22.3 Å². The van der Waals surface area contributed by atoms with Gasteiger partial charge in [-0.05, 0) is 60.7 Å². The summed E-state index contributed by atoms with van der Waals surface area (Å²) in [5, 5.41) is 1.59. The number of nitrogens with zero attached hydrogens (tertiary/aromatic N) is 1. The molecule has 0 radical (unpaired) electrons. The monoisotopic (exact) mass is 426 g/mol. The van der Waals surface area contributed by atoms with Crippen molar-refractivity contribution in [1.82, 2.24) is 4.90 Å². The van der Waals surface area contributed by atoms with E-state index in [-0.39, 0.29) is 0 Å².